The van der Waals surface area contributed by atoms with Crippen LogP contribution in [0.5, 0.6) is 0 Å². The van der Waals surface area contributed by atoms with Crippen LogP contribution in [0.25, 0.3) is 0 Å². The minimum Gasteiger partial charge on any atom is -0.339 e. The van der Waals surface area contributed by atoms with E-state index in [9.17, 15) is 0 Å². The van der Waals surface area contributed by atoms with E-state index in [1.54, 1.807) is 0 Å². The first-order valence-corrected chi connectivity index (χ1v) is 8.42. The van der Waals surface area contributed by atoms with E-state index in [0.717, 1.165) is 36.5 Å². The molecule has 0 bridgehead atoms. The normalized spacial score (nSPS) is 23.7. The lowest BCUT2D eigenvalue weighted by Gasteiger charge is -2.29. The van der Waals surface area contributed by atoms with Crippen molar-refractivity contribution in [2.24, 2.45) is 11.8 Å². The van der Waals surface area contributed by atoms with Crippen LogP contribution in [0.4, 0.5) is 0 Å². The van der Waals surface area contributed by atoms with Crippen molar-refractivity contribution in [1.82, 2.24) is 15.5 Å². The lowest BCUT2D eigenvalue weighted by Crippen LogP contribution is -2.37. The van der Waals surface area contributed by atoms with Crippen molar-refractivity contribution < 1.29 is 4.52 Å². The SMILES string of the molecule is CC(C)C1CCC(c2noc(CCNC(C)(C)C)n2)CC1. The number of hydrogen-bond donors (Lipinski definition) is 1. The van der Waals surface area contributed by atoms with Crippen LogP contribution in [-0.4, -0.2) is 22.2 Å². The van der Waals surface area contributed by atoms with Gasteiger partial charge >= 0.3 is 0 Å². The lowest BCUT2D eigenvalue weighted by atomic mass is 9.77. The maximum atomic E-state index is 5.41. The molecule has 0 unspecified atom stereocenters. The molecule has 1 aromatic rings. The molecule has 0 saturated heterocycles. The number of aromatic nitrogens is 2. The first kappa shape index (κ1) is 16.5. The van der Waals surface area contributed by atoms with Crippen LogP contribution in [0.1, 0.15) is 77.9 Å². The standard InChI is InChI=1S/C17H31N3O/c1-12(2)13-6-8-14(9-7-13)16-19-15(21-20-16)10-11-18-17(3,4)5/h12-14,18H,6-11H2,1-5H3. The van der Waals surface area contributed by atoms with Gasteiger partial charge < -0.3 is 9.84 Å². The smallest absolute Gasteiger partial charge is 0.227 e. The second-order valence-corrected chi connectivity index (χ2v) is 7.83. The summed E-state index contributed by atoms with van der Waals surface area (Å²) in [5.41, 5.74) is 0.137. The fourth-order valence-electron chi connectivity index (χ4n) is 3.12. The fraction of sp³-hybridized carbons (Fsp3) is 0.882. The van der Waals surface area contributed by atoms with Gasteiger partial charge in [-0.05, 0) is 58.3 Å². The summed E-state index contributed by atoms with van der Waals surface area (Å²) in [7, 11) is 0. The predicted molar refractivity (Wildman–Crippen MR) is 85.3 cm³/mol. The third-order valence-electron chi connectivity index (χ3n) is 4.56. The predicted octanol–water partition coefficient (Wildman–Crippen LogP) is 3.93. The van der Waals surface area contributed by atoms with Gasteiger partial charge in [0.05, 0.1) is 0 Å². The van der Waals surface area contributed by atoms with Crippen molar-refractivity contribution in [3.63, 3.8) is 0 Å². The third-order valence-corrected chi connectivity index (χ3v) is 4.56. The molecule has 4 nitrogen and oxygen atoms in total. The van der Waals surface area contributed by atoms with Gasteiger partial charge in [-0.2, -0.15) is 4.98 Å². The molecule has 120 valence electrons. The van der Waals surface area contributed by atoms with Crippen molar-refractivity contribution in [3.05, 3.63) is 11.7 Å². The van der Waals surface area contributed by atoms with Gasteiger partial charge in [0, 0.05) is 24.4 Å². The van der Waals surface area contributed by atoms with Crippen LogP contribution in [-0.2, 0) is 6.42 Å². The van der Waals surface area contributed by atoms with E-state index in [4.69, 9.17) is 4.52 Å². The number of hydrogen-bond acceptors (Lipinski definition) is 4. The van der Waals surface area contributed by atoms with Crippen LogP contribution in [0.2, 0.25) is 0 Å². The van der Waals surface area contributed by atoms with Crippen molar-refractivity contribution in [1.29, 1.82) is 0 Å². The minimum atomic E-state index is 0.137. The fourth-order valence-corrected chi connectivity index (χ4v) is 3.12. The first-order valence-electron chi connectivity index (χ1n) is 8.42. The van der Waals surface area contributed by atoms with Gasteiger partial charge in [-0.15, -0.1) is 0 Å². The van der Waals surface area contributed by atoms with E-state index in [2.05, 4.69) is 50.1 Å². The maximum absolute atomic E-state index is 5.41. The highest BCUT2D eigenvalue weighted by Gasteiger charge is 2.27. The van der Waals surface area contributed by atoms with Gasteiger partial charge in [-0.3, -0.25) is 0 Å². The monoisotopic (exact) mass is 293 g/mol. The zero-order valence-electron chi connectivity index (χ0n) is 14.3. The Kier molecular flexibility index (Phi) is 5.42. The molecule has 21 heavy (non-hydrogen) atoms. The molecule has 4 heteroatoms. The molecule has 0 atom stereocenters. The zero-order valence-corrected chi connectivity index (χ0v) is 14.3. The number of nitrogens with one attached hydrogen (secondary N) is 1. The van der Waals surface area contributed by atoms with E-state index in [-0.39, 0.29) is 5.54 Å². The average molecular weight is 293 g/mol. The lowest BCUT2D eigenvalue weighted by molar-refractivity contribution is 0.251. The quantitative estimate of drug-likeness (QED) is 0.893. The number of nitrogens with zero attached hydrogens (tertiary/aromatic N) is 2. The molecular weight excluding hydrogens is 262 g/mol. The Morgan fingerprint density at radius 3 is 2.43 bits per heavy atom. The van der Waals surface area contributed by atoms with Gasteiger partial charge in [0.15, 0.2) is 5.82 Å². The molecule has 1 N–H and O–H groups in total. The molecule has 1 fully saturated rings. The van der Waals surface area contributed by atoms with E-state index in [0.29, 0.717) is 5.92 Å². The summed E-state index contributed by atoms with van der Waals surface area (Å²) in [6.07, 6.45) is 5.84. The molecule has 0 radical (unpaired) electrons. The molecular formula is C17H31N3O. The summed E-state index contributed by atoms with van der Waals surface area (Å²) in [4.78, 5) is 4.61. The van der Waals surface area contributed by atoms with Crippen molar-refractivity contribution in [2.45, 2.75) is 78.2 Å². The van der Waals surface area contributed by atoms with Gasteiger partial charge in [0.25, 0.3) is 0 Å². The van der Waals surface area contributed by atoms with Gasteiger partial charge in [0.1, 0.15) is 0 Å². The Balaban J connectivity index is 1.81. The second-order valence-electron chi connectivity index (χ2n) is 7.83. The van der Waals surface area contributed by atoms with Crippen LogP contribution < -0.4 is 5.32 Å². The maximum Gasteiger partial charge on any atom is 0.227 e. The van der Waals surface area contributed by atoms with Crippen LogP contribution in [0.3, 0.4) is 0 Å². The Bertz CT molecular complexity index is 425. The van der Waals surface area contributed by atoms with Crippen molar-refractivity contribution in [2.75, 3.05) is 6.54 Å². The van der Waals surface area contributed by atoms with E-state index in [1.807, 2.05) is 0 Å². The summed E-state index contributed by atoms with van der Waals surface area (Å²) in [5, 5.41) is 7.66. The molecule has 1 aromatic heterocycles. The highest BCUT2D eigenvalue weighted by molar-refractivity contribution is 4.98. The summed E-state index contributed by atoms with van der Waals surface area (Å²) in [6, 6.07) is 0. The molecule has 1 heterocycles. The molecule has 0 aliphatic heterocycles. The van der Waals surface area contributed by atoms with Crippen LogP contribution in [0, 0.1) is 11.8 Å². The van der Waals surface area contributed by atoms with Crippen molar-refractivity contribution in [3.8, 4) is 0 Å². The summed E-state index contributed by atoms with van der Waals surface area (Å²) in [5.74, 6) is 3.89. The van der Waals surface area contributed by atoms with Crippen molar-refractivity contribution >= 4 is 0 Å². The Hall–Kier alpha value is -0.900. The zero-order chi connectivity index (χ0) is 15.5. The minimum absolute atomic E-state index is 0.137. The van der Waals surface area contributed by atoms with E-state index >= 15 is 0 Å². The molecule has 1 aliphatic rings. The summed E-state index contributed by atoms with van der Waals surface area (Å²) >= 11 is 0. The van der Waals surface area contributed by atoms with Crippen LogP contribution >= 0.6 is 0 Å². The van der Waals surface area contributed by atoms with E-state index < -0.39 is 0 Å². The molecule has 1 saturated carbocycles. The molecule has 0 aromatic carbocycles. The second kappa shape index (κ2) is 6.91. The van der Waals surface area contributed by atoms with Crippen LogP contribution in [0.15, 0.2) is 4.52 Å². The largest absolute Gasteiger partial charge is 0.339 e. The first-order chi connectivity index (χ1) is 9.85. The van der Waals surface area contributed by atoms with E-state index in [1.165, 1.54) is 25.7 Å². The summed E-state index contributed by atoms with van der Waals surface area (Å²) in [6.45, 7) is 12.0. The molecule has 2 rings (SSSR count). The highest BCUT2D eigenvalue weighted by atomic mass is 16.5. The Morgan fingerprint density at radius 2 is 1.86 bits per heavy atom. The number of rotatable bonds is 5. The van der Waals surface area contributed by atoms with Gasteiger partial charge in [-0.1, -0.05) is 19.0 Å². The molecule has 1 aliphatic carbocycles. The van der Waals surface area contributed by atoms with Gasteiger partial charge in [-0.25, -0.2) is 0 Å². The topological polar surface area (TPSA) is 51.0 Å². The molecule has 0 amide bonds. The Morgan fingerprint density at radius 1 is 1.19 bits per heavy atom. The highest BCUT2D eigenvalue weighted by Crippen LogP contribution is 2.37. The molecule has 0 spiro atoms. The summed E-state index contributed by atoms with van der Waals surface area (Å²) < 4.78 is 5.41. The third kappa shape index (κ3) is 5.10. The Labute approximate surface area is 129 Å². The van der Waals surface area contributed by atoms with Gasteiger partial charge in [0.2, 0.25) is 5.89 Å². The average Bonchev–Trinajstić information content (AvgIpc) is 2.86.